The third kappa shape index (κ3) is 3.82. The summed E-state index contributed by atoms with van der Waals surface area (Å²) in [6.07, 6.45) is 0.226. The maximum Gasteiger partial charge on any atom is 0.346 e. The number of carboxylic acids is 1. The Hall–Kier alpha value is -2.34. The van der Waals surface area contributed by atoms with Gasteiger partial charge < -0.3 is 15.2 Å². The molecule has 1 aromatic heterocycles. The second-order valence-corrected chi connectivity index (χ2v) is 5.55. The summed E-state index contributed by atoms with van der Waals surface area (Å²) in [5, 5.41) is 12.2. The molecule has 5 nitrogen and oxygen atoms in total. The molecule has 0 fully saturated rings. The average molecular weight is 305 g/mol. The number of aryl methyl sites for hydroxylation is 1. The van der Waals surface area contributed by atoms with Crippen molar-refractivity contribution in [1.82, 2.24) is 0 Å². The molecule has 110 valence electrons. The summed E-state index contributed by atoms with van der Waals surface area (Å²) < 4.78 is 5.05. The van der Waals surface area contributed by atoms with Crippen molar-refractivity contribution in [3.05, 3.63) is 46.3 Å². The second-order valence-electron chi connectivity index (χ2n) is 4.50. The highest BCUT2D eigenvalue weighted by molar-refractivity contribution is 7.18. The molecule has 0 unspecified atom stereocenters. The second kappa shape index (κ2) is 6.41. The molecular weight excluding hydrogens is 290 g/mol. The van der Waals surface area contributed by atoms with E-state index in [1.54, 1.807) is 32.2 Å². The van der Waals surface area contributed by atoms with Gasteiger partial charge in [-0.3, -0.25) is 4.79 Å². The molecular formula is C15H15NO4S. The lowest BCUT2D eigenvalue weighted by atomic mass is 10.1. The van der Waals surface area contributed by atoms with Crippen LogP contribution in [0.3, 0.4) is 0 Å². The van der Waals surface area contributed by atoms with Crippen LogP contribution in [-0.4, -0.2) is 24.1 Å². The number of nitrogens with one attached hydrogen (secondary N) is 1. The van der Waals surface area contributed by atoms with Crippen LogP contribution >= 0.6 is 11.3 Å². The molecule has 1 aromatic carbocycles. The fraction of sp³-hybridized carbons (Fsp3) is 0.200. The maximum atomic E-state index is 11.9. The summed E-state index contributed by atoms with van der Waals surface area (Å²) in [5.41, 5.74) is 1.51. The predicted molar refractivity (Wildman–Crippen MR) is 81.3 cm³/mol. The van der Waals surface area contributed by atoms with Gasteiger partial charge in [-0.05, 0) is 36.2 Å². The van der Waals surface area contributed by atoms with Crippen molar-refractivity contribution in [1.29, 1.82) is 0 Å². The van der Waals surface area contributed by atoms with Crippen molar-refractivity contribution >= 4 is 28.2 Å². The largest absolute Gasteiger partial charge is 0.497 e. The van der Waals surface area contributed by atoms with Crippen molar-refractivity contribution in [2.45, 2.75) is 13.3 Å². The van der Waals surface area contributed by atoms with E-state index in [0.717, 1.165) is 22.6 Å². The summed E-state index contributed by atoms with van der Waals surface area (Å²) in [5.74, 6) is -0.425. The predicted octanol–water partition coefficient (Wildman–Crippen LogP) is 2.94. The van der Waals surface area contributed by atoms with Crippen LogP contribution in [0.4, 0.5) is 5.00 Å². The maximum absolute atomic E-state index is 11.9. The van der Waals surface area contributed by atoms with Crippen LogP contribution < -0.4 is 10.1 Å². The number of hydrogen-bond acceptors (Lipinski definition) is 4. The molecule has 2 rings (SSSR count). The zero-order valence-corrected chi connectivity index (χ0v) is 12.5. The van der Waals surface area contributed by atoms with Crippen LogP contribution in [0.25, 0.3) is 0 Å². The van der Waals surface area contributed by atoms with Crippen molar-refractivity contribution in [3.63, 3.8) is 0 Å². The Balaban J connectivity index is 2.01. The zero-order valence-electron chi connectivity index (χ0n) is 11.7. The lowest BCUT2D eigenvalue weighted by molar-refractivity contribution is -0.115. The van der Waals surface area contributed by atoms with Crippen LogP contribution in [0.5, 0.6) is 5.75 Å². The van der Waals surface area contributed by atoms with E-state index in [1.807, 2.05) is 12.1 Å². The number of hydrogen-bond donors (Lipinski definition) is 2. The number of carbonyl (C=O) groups excluding carboxylic acids is 1. The first-order valence-electron chi connectivity index (χ1n) is 6.26. The lowest BCUT2D eigenvalue weighted by Gasteiger charge is -2.04. The quantitative estimate of drug-likeness (QED) is 0.890. The van der Waals surface area contributed by atoms with E-state index in [4.69, 9.17) is 9.84 Å². The monoisotopic (exact) mass is 305 g/mol. The normalized spacial score (nSPS) is 10.2. The molecule has 0 spiro atoms. The number of anilines is 1. The molecule has 0 radical (unpaired) electrons. The van der Waals surface area contributed by atoms with Gasteiger partial charge in [0.05, 0.1) is 18.5 Å². The first kappa shape index (κ1) is 15.1. The molecule has 1 heterocycles. The van der Waals surface area contributed by atoms with E-state index in [0.29, 0.717) is 10.6 Å². The third-order valence-electron chi connectivity index (χ3n) is 2.90. The van der Waals surface area contributed by atoms with Gasteiger partial charge in [0, 0.05) is 0 Å². The van der Waals surface area contributed by atoms with E-state index in [2.05, 4.69) is 5.32 Å². The highest BCUT2D eigenvalue weighted by Crippen LogP contribution is 2.26. The Morgan fingerprint density at radius 3 is 2.48 bits per heavy atom. The molecule has 21 heavy (non-hydrogen) atoms. The van der Waals surface area contributed by atoms with Gasteiger partial charge in [0.25, 0.3) is 0 Å². The van der Waals surface area contributed by atoms with Crippen LogP contribution in [-0.2, 0) is 11.2 Å². The highest BCUT2D eigenvalue weighted by Gasteiger charge is 2.13. The third-order valence-corrected chi connectivity index (χ3v) is 4.04. The van der Waals surface area contributed by atoms with Gasteiger partial charge >= 0.3 is 5.97 Å². The molecule has 2 N–H and O–H groups in total. The lowest BCUT2D eigenvalue weighted by Crippen LogP contribution is -2.13. The fourth-order valence-corrected chi connectivity index (χ4v) is 2.79. The Bertz CT molecular complexity index is 661. The first-order valence-corrected chi connectivity index (χ1v) is 7.07. The Kier molecular flexibility index (Phi) is 4.59. The number of amides is 1. The highest BCUT2D eigenvalue weighted by atomic mass is 32.1. The Morgan fingerprint density at radius 2 is 1.95 bits per heavy atom. The molecule has 0 atom stereocenters. The van der Waals surface area contributed by atoms with Gasteiger partial charge in [-0.2, -0.15) is 0 Å². The SMILES string of the molecule is COc1ccc(CC(=O)Nc2cc(C)c(C(=O)O)s2)cc1. The molecule has 0 aliphatic rings. The van der Waals surface area contributed by atoms with Crippen molar-refractivity contribution in [2.75, 3.05) is 12.4 Å². The first-order chi connectivity index (χ1) is 9.99. The number of aromatic carboxylic acids is 1. The van der Waals surface area contributed by atoms with E-state index >= 15 is 0 Å². The number of rotatable bonds is 5. The van der Waals surface area contributed by atoms with Crippen LogP contribution in [0.15, 0.2) is 30.3 Å². The number of carboxylic acid groups (broad SMARTS) is 1. The van der Waals surface area contributed by atoms with E-state index in [9.17, 15) is 9.59 Å². The van der Waals surface area contributed by atoms with E-state index < -0.39 is 5.97 Å². The van der Waals surface area contributed by atoms with Gasteiger partial charge in [0.15, 0.2) is 0 Å². The molecule has 0 bridgehead atoms. The van der Waals surface area contributed by atoms with Gasteiger partial charge in [-0.15, -0.1) is 11.3 Å². The van der Waals surface area contributed by atoms with E-state index in [-0.39, 0.29) is 17.2 Å². The molecule has 0 aliphatic carbocycles. The topological polar surface area (TPSA) is 75.6 Å². The summed E-state index contributed by atoms with van der Waals surface area (Å²) in [6.45, 7) is 1.71. The summed E-state index contributed by atoms with van der Waals surface area (Å²) in [7, 11) is 1.58. The molecule has 1 amide bonds. The van der Waals surface area contributed by atoms with Gasteiger partial charge in [-0.1, -0.05) is 12.1 Å². The van der Waals surface area contributed by atoms with Crippen molar-refractivity contribution < 1.29 is 19.4 Å². The summed E-state index contributed by atoms with van der Waals surface area (Å²) in [6, 6.07) is 8.89. The number of benzene rings is 1. The summed E-state index contributed by atoms with van der Waals surface area (Å²) in [4.78, 5) is 23.1. The van der Waals surface area contributed by atoms with Crippen LogP contribution in [0, 0.1) is 6.92 Å². The zero-order chi connectivity index (χ0) is 15.4. The van der Waals surface area contributed by atoms with Crippen molar-refractivity contribution in [2.24, 2.45) is 0 Å². The number of thiophene rings is 1. The molecule has 6 heteroatoms. The molecule has 2 aromatic rings. The number of methoxy groups -OCH3 is 1. The molecule has 0 aliphatic heterocycles. The summed E-state index contributed by atoms with van der Waals surface area (Å²) >= 11 is 1.06. The fourth-order valence-electron chi connectivity index (χ4n) is 1.87. The van der Waals surface area contributed by atoms with Crippen molar-refractivity contribution in [3.8, 4) is 5.75 Å². The number of ether oxygens (including phenoxy) is 1. The van der Waals surface area contributed by atoms with Crippen LogP contribution in [0.1, 0.15) is 20.8 Å². The minimum Gasteiger partial charge on any atom is -0.497 e. The molecule has 0 saturated heterocycles. The Labute approximate surface area is 126 Å². The van der Waals surface area contributed by atoms with Crippen LogP contribution in [0.2, 0.25) is 0 Å². The minimum absolute atomic E-state index is 0.182. The standard InChI is InChI=1S/C15H15NO4S/c1-9-7-13(21-14(9)15(18)19)16-12(17)8-10-3-5-11(20-2)6-4-10/h3-7H,8H2,1-2H3,(H,16,17)(H,18,19). The van der Waals surface area contributed by atoms with Gasteiger partial charge in [0.2, 0.25) is 5.91 Å². The molecule has 0 saturated carbocycles. The number of carbonyl (C=O) groups is 2. The minimum atomic E-state index is -0.979. The van der Waals surface area contributed by atoms with Gasteiger partial charge in [0.1, 0.15) is 10.6 Å². The average Bonchev–Trinajstić information content (AvgIpc) is 2.80. The smallest absolute Gasteiger partial charge is 0.346 e. The van der Waals surface area contributed by atoms with Gasteiger partial charge in [-0.25, -0.2) is 4.79 Å². The Morgan fingerprint density at radius 1 is 1.29 bits per heavy atom. The van der Waals surface area contributed by atoms with E-state index in [1.165, 1.54) is 0 Å².